The van der Waals surface area contributed by atoms with Gasteiger partial charge in [0.2, 0.25) is 0 Å². The van der Waals surface area contributed by atoms with E-state index in [0.29, 0.717) is 0 Å². The summed E-state index contributed by atoms with van der Waals surface area (Å²) in [5.41, 5.74) is 0. The SMILES string of the molecule is OC(CI)c1cccs1. The summed E-state index contributed by atoms with van der Waals surface area (Å²) >= 11 is 3.77. The predicted octanol–water partition coefficient (Wildman–Crippen LogP) is 2.22. The third kappa shape index (κ3) is 1.91. The number of rotatable bonds is 2. The Kier molecular flexibility index (Phi) is 2.94. The van der Waals surface area contributed by atoms with Gasteiger partial charge in [0.1, 0.15) is 0 Å². The van der Waals surface area contributed by atoms with Crippen LogP contribution in [0.4, 0.5) is 0 Å². The second kappa shape index (κ2) is 3.53. The number of alkyl halides is 1. The van der Waals surface area contributed by atoms with Crippen LogP contribution in [-0.4, -0.2) is 9.53 Å². The van der Waals surface area contributed by atoms with Crippen LogP contribution in [0.1, 0.15) is 11.0 Å². The summed E-state index contributed by atoms with van der Waals surface area (Å²) in [6, 6.07) is 3.91. The molecule has 0 saturated carbocycles. The van der Waals surface area contributed by atoms with Gasteiger partial charge in [-0.25, -0.2) is 0 Å². The first-order valence-corrected chi connectivity index (χ1v) is 5.02. The average molecular weight is 254 g/mol. The Bertz CT molecular complexity index is 162. The number of halogens is 1. The second-order valence-corrected chi connectivity index (χ2v) is 3.55. The van der Waals surface area contributed by atoms with Crippen LogP contribution in [0.2, 0.25) is 0 Å². The Morgan fingerprint density at radius 3 is 3.00 bits per heavy atom. The van der Waals surface area contributed by atoms with Gasteiger partial charge in [-0.05, 0) is 11.4 Å². The Labute approximate surface area is 71.9 Å². The summed E-state index contributed by atoms with van der Waals surface area (Å²) in [6.45, 7) is 0. The number of thiophene rings is 1. The van der Waals surface area contributed by atoms with Gasteiger partial charge in [-0.3, -0.25) is 0 Å². The maximum Gasteiger partial charge on any atom is 0.0971 e. The van der Waals surface area contributed by atoms with Crippen molar-refractivity contribution in [2.45, 2.75) is 6.10 Å². The normalized spacial score (nSPS) is 13.6. The molecular weight excluding hydrogens is 247 g/mol. The molecule has 1 nitrogen and oxygen atoms in total. The van der Waals surface area contributed by atoms with Gasteiger partial charge in [0.15, 0.2) is 0 Å². The van der Waals surface area contributed by atoms with E-state index in [2.05, 4.69) is 22.6 Å². The van der Waals surface area contributed by atoms with Crippen molar-refractivity contribution < 1.29 is 5.11 Å². The maximum atomic E-state index is 9.22. The molecule has 0 fully saturated rings. The highest BCUT2D eigenvalue weighted by atomic mass is 127. The van der Waals surface area contributed by atoms with Gasteiger partial charge >= 0.3 is 0 Å². The molecule has 1 heterocycles. The van der Waals surface area contributed by atoms with Crippen molar-refractivity contribution in [2.75, 3.05) is 4.43 Å². The number of aliphatic hydroxyl groups is 1. The number of aliphatic hydroxyl groups excluding tert-OH is 1. The zero-order chi connectivity index (χ0) is 6.69. The van der Waals surface area contributed by atoms with E-state index in [9.17, 15) is 5.11 Å². The van der Waals surface area contributed by atoms with Crippen molar-refractivity contribution in [3.63, 3.8) is 0 Å². The molecule has 0 spiro atoms. The van der Waals surface area contributed by atoms with Crippen LogP contribution in [0.25, 0.3) is 0 Å². The van der Waals surface area contributed by atoms with Gasteiger partial charge in [0.05, 0.1) is 6.10 Å². The fourth-order valence-electron chi connectivity index (χ4n) is 0.557. The van der Waals surface area contributed by atoms with Crippen molar-refractivity contribution in [3.8, 4) is 0 Å². The Hall–Kier alpha value is 0.390. The van der Waals surface area contributed by atoms with Crippen LogP contribution in [0, 0.1) is 0 Å². The van der Waals surface area contributed by atoms with Crippen LogP contribution < -0.4 is 0 Å². The smallest absolute Gasteiger partial charge is 0.0971 e. The van der Waals surface area contributed by atoms with Gasteiger partial charge < -0.3 is 5.11 Å². The summed E-state index contributed by atoms with van der Waals surface area (Å²) in [5.74, 6) is 0. The molecule has 3 heteroatoms. The summed E-state index contributed by atoms with van der Waals surface area (Å²) in [5, 5.41) is 11.2. The quantitative estimate of drug-likeness (QED) is 0.633. The molecule has 0 bridgehead atoms. The van der Waals surface area contributed by atoms with Crippen molar-refractivity contribution in [2.24, 2.45) is 0 Å². The lowest BCUT2D eigenvalue weighted by atomic mass is 10.3. The Morgan fingerprint density at radius 2 is 2.56 bits per heavy atom. The topological polar surface area (TPSA) is 20.2 Å². The van der Waals surface area contributed by atoms with Crippen molar-refractivity contribution >= 4 is 33.9 Å². The van der Waals surface area contributed by atoms with E-state index in [1.807, 2.05) is 17.5 Å². The average Bonchev–Trinajstić information content (AvgIpc) is 2.37. The van der Waals surface area contributed by atoms with Gasteiger partial charge in [0, 0.05) is 9.30 Å². The van der Waals surface area contributed by atoms with Crippen LogP contribution >= 0.6 is 33.9 Å². The first-order valence-electron chi connectivity index (χ1n) is 2.62. The first-order chi connectivity index (χ1) is 4.34. The summed E-state index contributed by atoms with van der Waals surface area (Å²) < 4.78 is 0.776. The lowest BCUT2D eigenvalue weighted by molar-refractivity contribution is 0.211. The molecule has 9 heavy (non-hydrogen) atoms. The standard InChI is InChI=1S/C6H7IOS/c7-4-5(8)6-2-1-3-9-6/h1-3,5,8H,4H2. The molecule has 1 unspecified atom stereocenters. The highest BCUT2D eigenvalue weighted by molar-refractivity contribution is 14.1. The number of hydrogen-bond donors (Lipinski definition) is 1. The van der Waals surface area contributed by atoms with E-state index in [1.165, 1.54) is 0 Å². The molecule has 0 aromatic carbocycles. The fraction of sp³-hybridized carbons (Fsp3) is 0.333. The van der Waals surface area contributed by atoms with Gasteiger partial charge in [-0.15, -0.1) is 11.3 Å². The lowest BCUT2D eigenvalue weighted by Gasteiger charge is -2.00. The molecule has 0 aliphatic rings. The van der Waals surface area contributed by atoms with E-state index >= 15 is 0 Å². The molecule has 1 atom stereocenters. The third-order valence-corrected chi connectivity index (χ3v) is 2.83. The van der Waals surface area contributed by atoms with E-state index in [0.717, 1.165) is 9.30 Å². The first kappa shape index (κ1) is 7.50. The van der Waals surface area contributed by atoms with Crippen LogP contribution in [-0.2, 0) is 0 Å². The zero-order valence-electron chi connectivity index (χ0n) is 4.75. The van der Waals surface area contributed by atoms with Crippen molar-refractivity contribution in [1.29, 1.82) is 0 Å². The molecule has 0 radical (unpaired) electrons. The Balaban J connectivity index is 2.65. The summed E-state index contributed by atoms with van der Waals surface area (Å²) in [7, 11) is 0. The van der Waals surface area contributed by atoms with Gasteiger partial charge in [0.25, 0.3) is 0 Å². The molecule has 0 aliphatic carbocycles. The zero-order valence-corrected chi connectivity index (χ0v) is 7.72. The van der Waals surface area contributed by atoms with Crippen LogP contribution in [0.5, 0.6) is 0 Å². The monoisotopic (exact) mass is 254 g/mol. The van der Waals surface area contributed by atoms with Gasteiger partial charge in [-0.1, -0.05) is 28.7 Å². The molecule has 0 aliphatic heterocycles. The fourth-order valence-corrected chi connectivity index (χ4v) is 2.04. The maximum absolute atomic E-state index is 9.22. The van der Waals surface area contributed by atoms with Crippen molar-refractivity contribution in [3.05, 3.63) is 22.4 Å². The minimum atomic E-state index is -0.259. The molecule has 1 aromatic heterocycles. The third-order valence-electron chi connectivity index (χ3n) is 1.02. The Morgan fingerprint density at radius 1 is 1.78 bits per heavy atom. The molecule has 1 N–H and O–H groups in total. The molecular formula is C6H7IOS. The molecule has 1 aromatic rings. The van der Waals surface area contributed by atoms with E-state index in [1.54, 1.807) is 11.3 Å². The van der Waals surface area contributed by atoms with Crippen LogP contribution in [0.3, 0.4) is 0 Å². The van der Waals surface area contributed by atoms with Crippen molar-refractivity contribution in [1.82, 2.24) is 0 Å². The number of hydrogen-bond acceptors (Lipinski definition) is 2. The van der Waals surface area contributed by atoms with E-state index in [-0.39, 0.29) is 6.10 Å². The largest absolute Gasteiger partial charge is 0.387 e. The molecule has 0 amide bonds. The highest BCUT2D eigenvalue weighted by Gasteiger charge is 2.03. The summed E-state index contributed by atoms with van der Waals surface area (Å²) in [6.07, 6.45) is -0.259. The van der Waals surface area contributed by atoms with Gasteiger partial charge in [-0.2, -0.15) is 0 Å². The minimum Gasteiger partial charge on any atom is -0.387 e. The highest BCUT2D eigenvalue weighted by Crippen LogP contribution is 2.19. The lowest BCUT2D eigenvalue weighted by Crippen LogP contribution is -1.93. The van der Waals surface area contributed by atoms with E-state index < -0.39 is 0 Å². The molecule has 1 rings (SSSR count). The molecule has 50 valence electrons. The summed E-state index contributed by atoms with van der Waals surface area (Å²) in [4.78, 5) is 1.06. The predicted molar refractivity (Wildman–Crippen MR) is 48.2 cm³/mol. The van der Waals surface area contributed by atoms with Crippen LogP contribution in [0.15, 0.2) is 17.5 Å². The second-order valence-electron chi connectivity index (χ2n) is 1.69. The minimum absolute atomic E-state index is 0.259. The molecule has 0 saturated heterocycles. The van der Waals surface area contributed by atoms with E-state index in [4.69, 9.17) is 0 Å².